The van der Waals surface area contributed by atoms with E-state index in [0.717, 1.165) is 30.7 Å². The first-order valence-corrected chi connectivity index (χ1v) is 7.86. The molecule has 1 aromatic carbocycles. The molecule has 2 rings (SSSR count). The second-order valence-corrected chi connectivity index (χ2v) is 5.77. The number of likely N-dealkylation sites (tertiary alicyclic amines) is 1. The van der Waals surface area contributed by atoms with Crippen LogP contribution in [0, 0.1) is 5.92 Å². The summed E-state index contributed by atoms with van der Waals surface area (Å²) >= 11 is 0. The largest absolute Gasteiger partial charge is 0.494 e. The van der Waals surface area contributed by atoms with Gasteiger partial charge in [-0.3, -0.25) is 4.79 Å². The molecule has 4 nitrogen and oxygen atoms in total. The van der Waals surface area contributed by atoms with Gasteiger partial charge in [0, 0.05) is 19.0 Å². The summed E-state index contributed by atoms with van der Waals surface area (Å²) in [6.07, 6.45) is 2.29. The van der Waals surface area contributed by atoms with Crippen LogP contribution < -0.4 is 10.5 Å². The highest BCUT2D eigenvalue weighted by molar-refractivity contribution is 5.77. The minimum absolute atomic E-state index is 0.227. The summed E-state index contributed by atoms with van der Waals surface area (Å²) < 4.78 is 5.61. The summed E-state index contributed by atoms with van der Waals surface area (Å²) in [4.78, 5) is 14.4. The summed E-state index contributed by atoms with van der Waals surface area (Å²) in [5, 5.41) is 0. The molecule has 2 N–H and O–H groups in total. The summed E-state index contributed by atoms with van der Waals surface area (Å²) in [7, 11) is 0. The molecule has 1 amide bonds. The number of benzene rings is 1. The van der Waals surface area contributed by atoms with Crippen LogP contribution in [0.1, 0.15) is 32.3 Å². The van der Waals surface area contributed by atoms with Crippen molar-refractivity contribution in [2.45, 2.75) is 39.2 Å². The molecule has 1 aliphatic rings. The van der Waals surface area contributed by atoms with Crippen LogP contribution in [-0.2, 0) is 11.2 Å². The lowest BCUT2D eigenvalue weighted by Crippen LogP contribution is -2.34. The predicted molar refractivity (Wildman–Crippen MR) is 84.3 cm³/mol. The molecular weight excluding hydrogens is 264 g/mol. The van der Waals surface area contributed by atoms with E-state index in [9.17, 15) is 4.79 Å². The normalized spacial score (nSPS) is 21.6. The van der Waals surface area contributed by atoms with E-state index in [-0.39, 0.29) is 5.91 Å². The summed E-state index contributed by atoms with van der Waals surface area (Å²) in [6.45, 7) is 6.21. The first-order chi connectivity index (χ1) is 10.2. The minimum Gasteiger partial charge on any atom is -0.494 e. The predicted octanol–water partition coefficient (Wildman–Crippen LogP) is 2.21. The fourth-order valence-corrected chi connectivity index (χ4v) is 3.05. The SMILES string of the molecule is CCOc1ccccc1CCC(=O)N1CC(CN)CC1C. The lowest BCUT2D eigenvalue weighted by atomic mass is 10.1. The van der Waals surface area contributed by atoms with Gasteiger partial charge in [0.25, 0.3) is 0 Å². The van der Waals surface area contributed by atoms with Gasteiger partial charge in [0.1, 0.15) is 5.75 Å². The number of para-hydroxylation sites is 1. The molecule has 0 bridgehead atoms. The van der Waals surface area contributed by atoms with E-state index >= 15 is 0 Å². The van der Waals surface area contributed by atoms with Gasteiger partial charge in [-0.25, -0.2) is 0 Å². The van der Waals surface area contributed by atoms with Crippen LogP contribution >= 0.6 is 0 Å². The van der Waals surface area contributed by atoms with Gasteiger partial charge in [0.15, 0.2) is 0 Å². The average molecular weight is 290 g/mol. The van der Waals surface area contributed by atoms with Gasteiger partial charge in [-0.2, -0.15) is 0 Å². The Labute approximate surface area is 127 Å². The molecule has 1 fully saturated rings. The highest BCUT2D eigenvalue weighted by atomic mass is 16.5. The second kappa shape index (κ2) is 7.46. The molecule has 21 heavy (non-hydrogen) atoms. The maximum Gasteiger partial charge on any atom is 0.223 e. The van der Waals surface area contributed by atoms with Crippen molar-refractivity contribution in [3.8, 4) is 5.75 Å². The molecule has 1 aromatic rings. The third-order valence-corrected chi connectivity index (χ3v) is 4.20. The number of carbonyl (C=O) groups is 1. The topological polar surface area (TPSA) is 55.6 Å². The molecule has 116 valence electrons. The Kier molecular flexibility index (Phi) is 5.62. The third-order valence-electron chi connectivity index (χ3n) is 4.20. The van der Waals surface area contributed by atoms with Crippen molar-refractivity contribution >= 4 is 5.91 Å². The van der Waals surface area contributed by atoms with Crippen LogP contribution in [0.5, 0.6) is 5.75 Å². The fraction of sp³-hybridized carbons (Fsp3) is 0.588. The van der Waals surface area contributed by atoms with E-state index in [1.807, 2.05) is 36.1 Å². The van der Waals surface area contributed by atoms with Crippen LogP contribution in [0.4, 0.5) is 0 Å². The van der Waals surface area contributed by atoms with Crippen LogP contribution in [-0.4, -0.2) is 36.5 Å². The van der Waals surface area contributed by atoms with Gasteiger partial charge in [-0.05, 0) is 50.8 Å². The van der Waals surface area contributed by atoms with Gasteiger partial charge in [-0.15, -0.1) is 0 Å². The van der Waals surface area contributed by atoms with E-state index in [2.05, 4.69) is 6.92 Å². The maximum absolute atomic E-state index is 12.4. The first-order valence-electron chi connectivity index (χ1n) is 7.86. The van der Waals surface area contributed by atoms with Crippen LogP contribution in [0.25, 0.3) is 0 Å². The zero-order valence-electron chi connectivity index (χ0n) is 13.0. The van der Waals surface area contributed by atoms with Crippen LogP contribution in [0.15, 0.2) is 24.3 Å². The number of nitrogens with zero attached hydrogens (tertiary/aromatic N) is 1. The van der Waals surface area contributed by atoms with Crippen molar-refractivity contribution in [1.82, 2.24) is 4.90 Å². The van der Waals surface area contributed by atoms with Crippen molar-refractivity contribution in [2.75, 3.05) is 19.7 Å². The lowest BCUT2D eigenvalue weighted by Gasteiger charge is -2.21. The van der Waals surface area contributed by atoms with E-state index < -0.39 is 0 Å². The second-order valence-electron chi connectivity index (χ2n) is 5.77. The Bertz CT molecular complexity index is 476. The minimum atomic E-state index is 0.227. The lowest BCUT2D eigenvalue weighted by molar-refractivity contribution is -0.131. The Morgan fingerprint density at radius 3 is 2.86 bits per heavy atom. The number of aryl methyl sites for hydroxylation is 1. The quantitative estimate of drug-likeness (QED) is 0.874. The molecule has 2 atom stereocenters. The highest BCUT2D eigenvalue weighted by Gasteiger charge is 2.31. The molecule has 0 aliphatic carbocycles. The molecule has 0 aromatic heterocycles. The average Bonchev–Trinajstić information content (AvgIpc) is 2.87. The van der Waals surface area contributed by atoms with Crippen molar-refractivity contribution in [2.24, 2.45) is 11.7 Å². The summed E-state index contributed by atoms with van der Waals surface area (Å²) in [6, 6.07) is 8.27. The van der Waals surface area contributed by atoms with Gasteiger partial charge in [0.05, 0.1) is 6.61 Å². The van der Waals surface area contributed by atoms with Crippen molar-refractivity contribution < 1.29 is 9.53 Å². The molecule has 4 heteroatoms. The van der Waals surface area contributed by atoms with Crippen molar-refractivity contribution in [3.05, 3.63) is 29.8 Å². The van der Waals surface area contributed by atoms with Crippen molar-refractivity contribution in [1.29, 1.82) is 0 Å². The number of hydrogen-bond donors (Lipinski definition) is 1. The molecule has 0 spiro atoms. The van der Waals surface area contributed by atoms with Gasteiger partial charge in [0.2, 0.25) is 5.91 Å². The number of ether oxygens (including phenoxy) is 1. The number of carbonyl (C=O) groups excluding carboxylic acids is 1. The van der Waals surface area contributed by atoms with Gasteiger partial charge < -0.3 is 15.4 Å². The fourth-order valence-electron chi connectivity index (χ4n) is 3.05. The molecule has 0 radical (unpaired) electrons. The Morgan fingerprint density at radius 2 is 2.19 bits per heavy atom. The molecule has 1 saturated heterocycles. The third kappa shape index (κ3) is 3.97. The zero-order valence-corrected chi connectivity index (χ0v) is 13.0. The number of hydrogen-bond acceptors (Lipinski definition) is 3. The summed E-state index contributed by atoms with van der Waals surface area (Å²) in [5.41, 5.74) is 6.83. The van der Waals surface area contributed by atoms with Crippen LogP contribution in [0.3, 0.4) is 0 Å². The molecule has 0 saturated carbocycles. The number of amides is 1. The van der Waals surface area contributed by atoms with E-state index in [1.54, 1.807) is 0 Å². The van der Waals surface area contributed by atoms with Gasteiger partial charge >= 0.3 is 0 Å². The van der Waals surface area contributed by atoms with E-state index in [1.165, 1.54) is 0 Å². The first kappa shape index (κ1) is 15.8. The maximum atomic E-state index is 12.4. The van der Waals surface area contributed by atoms with Crippen molar-refractivity contribution in [3.63, 3.8) is 0 Å². The van der Waals surface area contributed by atoms with Gasteiger partial charge in [-0.1, -0.05) is 18.2 Å². The standard InChI is InChI=1S/C17H26N2O2/c1-3-21-16-7-5-4-6-15(16)8-9-17(20)19-12-14(11-18)10-13(19)2/h4-7,13-14H,3,8-12,18H2,1-2H3. The number of rotatable bonds is 6. The van der Waals surface area contributed by atoms with E-state index in [4.69, 9.17) is 10.5 Å². The van der Waals surface area contributed by atoms with Crippen LogP contribution in [0.2, 0.25) is 0 Å². The Balaban J connectivity index is 1.92. The molecule has 1 aliphatic heterocycles. The number of nitrogens with two attached hydrogens (primary N) is 1. The molecular formula is C17H26N2O2. The Hall–Kier alpha value is -1.55. The molecule has 2 unspecified atom stereocenters. The van der Waals surface area contributed by atoms with E-state index in [0.29, 0.717) is 31.5 Å². The Morgan fingerprint density at radius 1 is 1.43 bits per heavy atom. The zero-order chi connectivity index (χ0) is 15.2. The summed E-state index contributed by atoms with van der Waals surface area (Å²) in [5.74, 6) is 1.58. The smallest absolute Gasteiger partial charge is 0.223 e. The molecule has 1 heterocycles. The highest BCUT2D eigenvalue weighted by Crippen LogP contribution is 2.24. The monoisotopic (exact) mass is 290 g/mol.